The third kappa shape index (κ3) is 6.52. The summed E-state index contributed by atoms with van der Waals surface area (Å²) in [6.45, 7) is 15.9. The number of ether oxygens (including phenoxy) is 1. The van der Waals surface area contributed by atoms with Gasteiger partial charge >= 0.3 is 0 Å². The monoisotopic (exact) mass is 306 g/mol. The number of nitrogens with zero attached hydrogens (tertiary/aromatic N) is 1. The van der Waals surface area contributed by atoms with E-state index in [1.54, 1.807) is 0 Å². The molecule has 0 radical (unpaired) electrons. The quantitative estimate of drug-likeness (QED) is 0.711. The Morgan fingerprint density at radius 1 is 1.41 bits per heavy atom. The topological polar surface area (TPSA) is 24.5 Å². The zero-order chi connectivity index (χ0) is 17.1. The van der Waals surface area contributed by atoms with E-state index >= 15 is 0 Å². The molecule has 1 rings (SSSR count). The van der Waals surface area contributed by atoms with Crippen LogP contribution in [0.2, 0.25) is 0 Å². The van der Waals surface area contributed by atoms with Crippen LogP contribution in [0.1, 0.15) is 41.0 Å². The third-order valence-corrected chi connectivity index (χ3v) is 3.14. The van der Waals surface area contributed by atoms with E-state index in [0.717, 1.165) is 36.5 Å². The lowest BCUT2D eigenvalue weighted by molar-refractivity contribution is 0.153. The van der Waals surface area contributed by atoms with Gasteiger partial charge in [0.15, 0.2) is 0 Å². The zero-order valence-corrected chi connectivity index (χ0v) is 15.5. The van der Waals surface area contributed by atoms with Crippen LogP contribution in [0.25, 0.3) is 0 Å². The van der Waals surface area contributed by atoms with Gasteiger partial charge in [-0.1, -0.05) is 26.5 Å². The first-order valence-electron chi connectivity index (χ1n) is 8.27. The van der Waals surface area contributed by atoms with Crippen molar-refractivity contribution in [3.8, 4) is 0 Å². The van der Waals surface area contributed by atoms with Crippen molar-refractivity contribution in [2.24, 2.45) is 0 Å². The van der Waals surface area contributed by atoms with E-state index < -0.39 is 0 Å². The lowest BCUT2D eigenvalue weighted by atomic mass is 9.95. The maximum absolute atomic E-state index is 5.97. The summed E-state index contributed by atoms with van der Waals surface area (Å²) >= 11 is 0. The fourth-order valence-electron chi connectivity index (χ4n) is 2.21. The Kier molecular flexibility index (Phi) is 10.4. The molecular formula is C19H34N2O. The fourth-order valence-corrected chi connectivity index (χ4v) is 2.21. The minimum Gasteiger partial charge on any atom is -0.491 e. The minimum atomic E-state index is 0.164. The first-order chi connectivity index (χ1) is 10.5. The van der Waals surface area contributed by atoms with Crippen LogP contribution in [-0.4, -0.2) is 38.2 Å². The lowest BCUT2D eigenvalue weighted by Crippen LogP contribution is -2.23. The van der Waals surface area contributed by atoms with E-state index in [4.69, 9.17) is 4.74 Å². The summed E-state index contributed by atoms with van der Waals surface area (Å²) < 4.78 is 5.97. The molecule has 1 heterocycles. The van der Waals surface area contributed by atoms with Gasteiger partial charge in [0.2, 0.25) is 0 Å². The molecule has 1 aliphatic heterocycles. The second-order valence-electron chi connectivity index (χ2n) is 5.48. The highest BCUT2D eigenvalue weighted by molar-refractivity contribution is 5.51. The molecule has 0 saturated carbocycles. The minimum absolute atomic E-state index is 0.164. The molecule has 1 aliphatic rings. The molecule has 0 aromatic heterocycles. The highest BCUT2D eigenvalue weighted by Gasteiger charge is 2.19. The summed E-state index contributed by atoms with van der Waals surface area (Å²) in [5.74, 6) is 0.937. The molecular weight excluding hydrogens is 272 g/mol. The molecule has 0 aromatic rings. The average molecular weight is 306 g/mol. The first-order valence-corrected chi connectivity index (χ1v) is 8.27. The molecule has 0 fully saturated rings. The van der Waals surface area contributed by atoms with Gasteiger partial charge in [0.1, 0.15) is 5.76 Å². The van der Waals surface area contributed by atoms with Gasteiger partial charge in [-0.2, -0.15) is 0 Å². The van der Waals surface area contributed by atoms with Gasteiger partial charge in [0.05, 0.1) is 6.10 Å². The van der Waals surface area contributed by atoms with Gasteiger partial charge in [0, 0.05) is 24.4 Å². The van der Waals surface area contributed by atoms with Gasteiger partial charge in [0.25, 0.3) is 0 Å². The summed E-state index contributed by atoms with van der Waals surface area (Å²) in [7, 11) is 4.20. The van der Waals surface area contributed by atoms with Crippen LogP contribution in [0.5, 0.6) is 0 Å². The van der Waals surface area contributed by atoms with Crippen LogP contribution in [0.4, 0.5) is 0 Å². The first kappa shape index (κ1) is 20.5. The Bertz CT molecular complexity index is 429. The number of rotatable bonds is 7. The molecule has 0 aliphatic carbocycles. The van der Waals surface area contributed by atoms with Crippen molar-refractivity contribution < 1.29 is 4.74 Å². The van der Waals surface area contributed by atoms with Crippen molar-refractivity contribution in [3.05, 3.63) is 47.4 Å². The summed E-state index contributed by atoms with van der Waals surface area (Å²) in [4.78, 5) is 2.20. The van der Waals surface area contributed by atoms with Crippen molar-refractivity contribution in [1.82, 2.24) is 10.2 Å². The molecule has 0 aromatic carbocycles. The van der Waals surface area contributed by atoms with Crippen molar-refractivity contribution >= 4 is 0 Å². The number of nitrogens with one attached hydrogen (secondary N) is 1. The molecule has 0 saturated heterocycles. The molecule has 3 heteroatoms. The van der Waals surface area contributed by atoms with Gasteiger partial charge in [-0.25, -0.2) is 0 Å². The standard InChI is InChI=1S/C17H28N2O.C2H6/c1-7-15-17(16(8-2)20-13(3)4)14(9-11-18-15)10-12-19(5)6;1-2/h7-9,13,18H,1,10-12H2,2-6H3;1-2H3/b16-8+;. The summed E-state index contributed by atoms with van der Waals surface area (Å²) in [5.41, 5.74) is 3.56. The van der Waals surface area contributed by atoms with E-state index in [1.165, 1.54) is 5.57 Å². The predicted molar refractivity (Wildman–Crippen MR) is 97.8 cm³/mol. The molecule has 126 valence electrons. The van der Waals surface area contributed by atoms with Gasteiger partial charge in [-0.3, -0.25) is 0 Å². The number of hydrogen-bond acceptors (Lipinski definition) is 3. The van der Waals surface area contributed by atoms with Gasteiger partial charge in [-0.15, -0.1) is 0 Å². The Hall–Kier alpha value is -1.48. The fraction of sp³-hybridized carbons (Fsp3) is 0.579. The molecule has 0 atom stereocenters. The molecule has 0 amide bonds. The van der Waals surface area contributed by atoms with Crippen LogP contribution in [0.3, 0.4) is 0 Å². The number of hydrogen-bond donors (Lipinski definition) is 1. The predicted octanol–water partition coefficient (Wildman–Crippen LogP) is 4.26. The van der Waals surface area contributed by atoms with Crippen molar-refractivity contribution in [3.63, 3.8) is 0 Å². The lowest BCUT2D eigenvalue weighted by Gasteiger charge is -2.26. The third-order valence-electron chi connectivity index (χ3n) is 3.14. The van der Waals surface area contributed by atoms with Crippen LogP contribution < -0.4 is 5.32 Å². The van der Waals surface area contributed by atoms with Crippen LogP contribution in [-0.2, 0) is 4.74 Å². The van der Waals surface area contributed by atoms with E-state index in [1.807, 2.05) is 32.9 Å². The van der Waals surface area contributed by atoms with Crippen molar-refractivity contribution in [1.29, 1.82) is 0 Å². The number of dihydropyridines is 1. The second kappa shape index (κ2) is 11.1. The van der Waals surface area contributed by atoms with Crippen molar-refractivity contribution in [2.75, 3.05) is 27.2 Å². The molecule has 0 unspecified atom stereocenters. The second-order valence-corrected chi connectivity index (χ2v) is 5.48. The highest BCUT2D eigenvalue weighted by atomic mass is 16.5. The molecule has 0 spiro atoms. The normalized spacial score (nSPS) is 15.1. The Morgan fingerprint density at radius 3 is 2.50 bits per heavy atom. The van der Waals surface area contributed by atoms with Crippen LogP contribution in [0, 0.1) is 0 Å². The Balaban J connectivity index is 0.00000211. The molecule has 22 heavy (non-hydrogen) atoms. The zero-order valence-electron chi connectivity index (χ0n) is 15.5. The van der Waals surface area contributed by atoms with Crippen molar-refractivity contribution in [2.45, 2.75) is 47.1 Å². The Morgan fingerprint density at radius 2 is 2.05 bits per heavy atom. The summed E-state index contributed by atoms with van der Waals surface area (Å²) in [5, 5.41) is 3.38. The van der Waals surface area contributed by atoms with Crippen LogP contribution in [0.15, 0.2) is 47.4 Å². The largest absolute Gasteiger partial charge is 0.491 e. The summed E-state index contributed by atoms with van der Waals surface area (Å²) in [6, 6.07) is 0. The molecule has 0 bridgehead atoms. The summed E-state index contributed by atoms with van der Waals surface area (Å²) in [6.07, 6.45) is 7.34. The molecule has 1 N–H and O–H groups in total. The SMILES string of the molecule is C=CC1=C(/C(=C\C)OC(C)C)C(CCN(C)C)=CCN1.CC. The van der Waals surface area contributed by atoms with Gasteiger partial charge < -0.3 is 15.0 Å². The van der Waals surface area contributed by atoms with E-state index in [9.17, 15) is 0 Å². The number of allylic oxidation sites excluding steroid dienone is 3. The maximum Gasteiger partial charge on any atom is 0.124 e. The van der Waals surface area contributed by atoms with E-state index in [-0.39, 0.29) is 6.10 Å². The Labute approximate surface area is 137 Å². The highest BCUT2D eigenvalue weighted by Crippen LogP contribution is 2.29. The average Bonchev–Trinajstić information content (AvgIpc) is 2.52. The molecule has 3 nitrogen and oxygen atoms in total. The van der Waals surface area contributed by atoms with E-state index in [2.05, 4.69) is 50.8 Å². The smallest absolute Gasteiger partial charge is 0.124 e. The van der Waals surface area contributed by atoms with Gasteiger partial charge in [-0.05, 0) is 59.0 Å². The van der Waals surface area contributed by atoms with Crippen LogP contribution >= 0.6 is 0 Å². The van der Waals surface area contributed by atoms with E-state index in [0.29, 0.717) is 0 Å². The maximum atomic E-state index is 5.97.